The zero-order chi connectivity index (χ0) is 14.3. The van der Waals surface area contributed by atoms with Crippen molar-refractivity contribution in [2.24, 2.45) is 0 Å². The van der Waals surface area contributed by atoms with Gasteiger partial charge in [-0.25, -0.2) is 0 Å². The molecule has 0 N–H and O–H groups in total. The van der Waals surface area contributed by atoms with E-state index in [1.165, 1.54) is 16.7 Å². The molecule has 0 amide bonds. The molecule has 0 heterocycles. The number of benzene rings is 3. The number of rotatable bonds is 5. The van der Waals surface area contributed by atoms with Crippen LogP contribution in [-0.2, 0) is 6.42 Å². The summed E-state index contributed by atoms with van der Waals surface area (Å²) in [5.74, 6) is 0.928. The lowest BCUT2D eigenvalue weighted by Gasteiger charge is -2.08. The minimum Gasteiger partial charge on any atom is -0.493 e. The first-order chi connectivity index (χ1) is 10.4. The third-order valence-electron chi connectivity index (χ3n) is 3.44. The van der Waals surface area contributed by atoms with Crippen LogP contribution in [0.5, 0.6) is 5.75 Å². The molecule has 0 unspecified atom stereocenters. The average Bonchev–Trinajstić information content (AvgIpc) is 2.57. The van der Waals surface area contributed by atoms with Crippen molar-refractivity contribution in [3.05, 3.63) is 90.5 Å². The minimum absolute atomic E-state index is 0.697. The number of hydrogen-bond acceptors (Lipinski definition) is 1. The Morgan fingerprint density at radius 3 is 2.05 bits per heavy atom. The fraction of sp³-hybridized carbons (Fsp3) is 0.100. The van der Waals surface area contributed by atoms with E-state index in [9.17, 15) is 0 Å². The standard InChI is InChI=1S/C20H18O/c1-3-9-18(10-4-1)19-11-7-8-17(16-19)14-15-21-20-12-5-2-6-13-20/h1-13,16H,14-15H2. The Hall–Kier alpha value is -2.54. The lowest BCUT2D eigenvalue weighted by molar-refractivity contribution is 0.322. The lowest BCUT2D eigenvalue weighted by Crippen LogP contribution is -2.01. The van der Waals surface area contributed by atoms with Gasteiger partial charge in [0.2, 0.25) is 0 Å². The molecule has 1 nitrogen and oxygen atoms in total. The van der Waals surface area contributed by atoms with Gasteiger partial charge in [0, 0.05) is 6.42 Å². The lowest BCUT2D eigenvalue weighted by atomic mass is 10.0. The van der Waals surface area contributed by atoms with E-state index in [1.807, 2.05) is 36.4 Å². The van der Waals surface area contributed by atoms with Crippen molar-refractivity contribution >= 4 is 0 Å². The predicted molar refractivity (Wildman–Crippen MR) is 87.5 cm³/mol. The zero-order valence-electron chi connectivity index (χ0n) is 11.9. The normalized spacial score (nSPS) is 10.3. The Kier molecular flexibility index (Phi) is 4.33. The van der Waals surface area contributed by atoms with Crippen molar-refractivity contribution in [1.29, 1.82) is 0 Å². The van der Waals surface area contributed by atoms with Gasteiger partial charge in [0.1, 0.15) is 5.75 Å². The summed E-state index contributed by atoms with van der Waals surface area (Å²) in [4.78, 5) is 0. The van der Waals surface area contributed by atoms with E-state index in [0.717, 1.165) is 12.2 Å². The SMILES string of the molecule is c1ccc(OCCc2cccc(-c3ccccc3)c2)cc1. The molecule has 0 bridgehead atoms. The summed E-state index contributed by atoms with van der Waals surface area (Å²) in [5.41, 5.74) is 3.81. The first kappa shape index (κ1) is 13.4. The van der Waals surface area contributed by atoms with E-state index in [0.29, 0.717) is 6.61 Å². The molecule has 3 aromatic rings. The Balaban J connectivity index is 1.64. The van der Waals surface area contributed by atoms with Crippen molar-refractivity contribution < 1.29 is 4.74 Å². The molecule has 0 saturated carbocycles. The second-order valence-electron chi connectivity index (χ2n) is 4.98. The summed E-state index contributed by atoms with van der Waals surface area (Å²) in [6, 6.07) is 29.1. The van der Waals surface area contributed by atoms with E-state index >= 15 is 0 Å². The highest BCUT2D eigenvalue weighted by Crippen LogP contribution is 2.20. The maximum absolute atomic E-state index is 5.76. The number of para-hydroxylation sites is 1. The summed E-state index contributed by atoms with van der Waals surface area (Å²) >= 11 is 0. The predicted octanol–water partition coefficient (Wildman–Crippen LogP) is 4.98. The van der Waals surface area contributed by atoms with Crippen LogP contribution in [0.1, 0.15) is 5.56 Å². The van der Waals surface area contributed by atoms with Crippen molar-refractivity contribution in [3.63, 3.8) is 0 Å². The van der Waals surface area contributed by atoms with Gasteiger partial charge in [-0.1, -0.05) is 72.8 Å². The van der Waals surface area contributed by atoms with Crippen LogP contribution in [0.3, 0.4) is 0 Å². The maximum atomic E-state index is 5.76. The summed E-state index contributed by atoms with van der Waals surface area (Å²) in [7, 11) is 0. The van der Waals surface area contributed by atoms with Gasteiger partial charge in [-0.15, -0.1) is 0 Å². The Labute approximate surface area is 125 Å². The Morgan fingerprint density at radius 1 is 0.619 bits per heavy atom. The second kappa shape index (κ2) is 6.76. The Bertz CT molecular complexity index is 674. The van der Waals surface area contributed by atoms with Crippen LogP contribution >= 0.6 is 0 Å². The molecule has 0 spiro atoms. The van der Waals surface area contributed by atoms with E-state index in [2.05, 4.69) is 48.5 Å². The highest BCUT2D eigenvalue weighted by atomic mass is 16.5. The largest absolute Gasteiger partial charge is 0.493 e. The van der Waals surface area contributed by atoms with E-state index in [1.54, 1.807) is 0 Å². The molecule has 0 atom stereocenters. The molecule has 0 aromatic heterocycles. The smallest absolute Gasteiger partial charge is 0.119 e. The molecule has 0 saturated heterocycles. The summed E-state index contributed by atoms with van der Waals surface area (Å²) in [5, 5.41) is 0. The molecular formula is C20H18O. The van der Waals surface area contributed by atoms with Gasteiger partial charge in [-0.3, -0.25) is 0 Å². The van der Waals surface area contributed by atoms with E-state index in [4.69, 9.17) is 4.74 Å². The van der Waals surface area contributed by atoms with Crippen LogP contribution in [0.25, 0.3) is 11.1 Å². The third-order valence-corrected chi connectivity index (χ3v) is 3.44. The first-order valence-electron chi connectivity index (χ1n) is 7.24. The van der Waals surface area contributed by atoms with E-state index < -0.39 is 0 Å². The van der Waals surface area contributed by atoms with Crippen LogP contribution in [-0.4, -0.2) is 6.61 Å². The molecule has 0 fully saturated rings. The van der Waals surface area contributed by atoms with Crippen LogP contribution in [0, 0.1) is 0 Å². The summed E-state index contributed by atoms with van der Waals surface area (Å²) in [6.07, 6.45) is 0.912. The van der Waals surface area contributed by atoms with Crippen molar-refractivity contribution in [1.82, 2.24) is 0 Å². The molecule has 0 radical (unpaired) electrons. The molecule has 3 rings (SSSR count). The first-order valence-corrected chi connectivity index (χ1v) is 7.24. The van der Waals surface area contributed by atoms with Gasteiger partial charge >= 0.3 is 0 Å². The van der Waals surface area contributed by atoms with Gasteiger partial charge in [0.15, 0.2) is 0 Å². The summed E-state index contributed by atoms with van der Waals surface area (Å²) < 4.78 is 5.76. The topological polar surface area (TPSA) is 9.23 Å². The number of ether oxygens (including phenoxy) is 1. The van der Waals surface area contributed by atoms with Crippen molar-refractivity contribution in [2.75, 3.05) is 6.61 Å². The van der Waals surface area contributed by atoms with Gasteiger partial charge in [0.25, 0.3) is 0 Å². The van der Waals surface area contributed by atoms with Crippen LogP contribution in [0.2, 0.25) is 0 Å². The monoisotopic (exact) mass is 274 g/mol. The molecule has 0 aliphatic heterocycles. The van der Waals surface area contributed by atoms with Gasteiger partial charge in [-0.2, -0.15) is 0 Å². The fourth-order valence-corrected chi connectivity index (χ4v) is 2.34. The van der Waals surface area contributed by atoms with Crippen molar-refractivity contribution in [2.45, 2.75) is 6.42 Å². The second-order valence-corrected chi connectivity index (χ2v) is 4.98. The maximum Gasteiger partial charge on any atom is 0.119 e. The van der Waals surface area contributed by atoms with Crippen LogP contribution < -0.4 is 4.74 Å². The third kappa shape index (κ3) is 3.73. The van der Waals surface area contributed by atoms with E-state index in [-0.39, 0.29) is 0 Å². The van der Waals surface area contributed by atoms with Crippen molar-refractivity contribution in [3.8, 4) is 16.9 Å². The quantitative estimate of drug-likeness (QED) is 0.638. The Morgan fingerprint density at radius 2 is 1.29 bits per heavy atom. The van der Waals surface area contributed by atoms with Gasteiger partial charge < -0.3 is 4.74 Å². The minimum atomic E-state index is 0.697. The summed E-state index contributed by atoms with van der Waals surface area (Å²) in [6.45, 7) is 0.697. The molecule has 0 aliphatic carbocycles. The van der Waals surface area contributed by atoms with Crippen LogP contribution in [0.4, 0.5) is 0 Å². The molecule has 3 aromatic carbocycles. The average molecular weight is 274 g/mol. The molecule has 104 valence electrons. The fourth-order valence-electron chi connectivity index (χ4n) is 2.34. The molecular weight excluding hydrogens is 256 g/mol. The van der Waals surface area contributed by atoms with Gasteiger partial charge in [0.05, 0.1) is 6.61 Å². The van der Waals surface area contributed by atoms with Gasteiger partial charge in [-0.05, 0) is 28.8 Å². The highest BCUT2D eigenvalue weighted by molar-refractivity contribution is 5.63. The molecule has 0 aliphatic rings. The number of hydrogen-bond donors (Lipinski definition) is 0. The zero-order valence-corrected chi connectivity index (χ0v) is 11.9. The van der Waals surface area contributed by atoms with Crippen LogP contribution in [0.15, 0.2) is 84.9 Å². The molecule has 21 heavy (non-hydrogen) atoms. The molecule has 1 heteroatoms. The highest BCUT2D eigenvalue weighted by Gasteiger charge is 1.99.